The van der Waals surface area contributed by atoms with Gasteiger partial charge in [-0.3, -0.25) is 0 Å². The van der Waals surface area contributed by atoms with Crippen molar-refractivity contribution >= 4 is 35.6 Å². The molecule has 0 aliphatic rings. The van der Waals surface area contributed by atoms with Gasteiger partial charge in [0.1, 0.15) is 0 Å². The van der Waals surface area contributed by atoms with E-state index in [0.29, 0.717) is 5.88 Å². The summed E-state index contributed by atoms with van der Waals surface area (Å²) >= 11 is 11.6. The molecule has 1 aromatic rings. The van der Waals surface area contributed by atoms with E-state index in [-0.39, 0.29) is 18.4 Å². The molecule has 0 aromatic heterocycles. The lowest BCUT2D eigenvalue weighted by Gasteiger charge is -2.09. The van der Waals surface area contributed by atoms with Gasteiger partial charge in [0.05, 0.1) is 0 Å². The Morgan fingerprint density at radius 2 is 2.07 bits per heavy atom. The SMILES string of the molecule is Cc1ccc(CC(N)CCl)c(Cl)c1.Cl. The zero-order valence-corrected chi connectivity index (χ0v) is 10.3. The fourth-order valence-electron chi connectivity index (χ4n) is 1.15. The summed E-state index contributed by atoms with van der Waals surface area (Å²) in [7, 11) is 0. The zero-order chi connectivity index (χ0) is 9.84. The highest BCUT2D eigenvalue weighted by molar-refractivity contribution is 6.31. The molecule has 0 aliphatic heterocycles. The van der Waals surface area contributed by atoms with E-state index in [2.05, 4.69) is 0 Å². The van der Waals surface area contributed by atoms with Gasteiger partial charge in [-0.15, -0.1) is 24.0 Å². The summed E-state index contributed by atoms with van der Waals surface area (Å²) in [4.78, 5) is 0. The van der Waals surface area contributed by atoms with E-state index in [1.165, 1.54) is 0 Å². The molecule has 0 spiro atoms. The van der Waals surface area contributed by atoms with Crippen LogP contribution in [-0.4, -0.2) is 11.9 Å². The van der Waals surface area contributed by atoms with Crippen molar-refractivity contribution in [1.82, 2.24) is 0 Å². The van der Waals surface area contributed by atoms with Crippen LogP contribution in [0.2, 0.25) is 5.02 Å². The Bertz CT molecular complexity index is 289. The maximum atomic E-state index is 6.03. The number of aryl methyl sites for hydroxylation is 1. The van der Waals surface area contributed by atoms with Gasteiger partial charge in [-0.2, -0.15) is 0 Å². The minimum atomic E-state index is -0.0122. The van der Waals surface area contributed by atoms with E-state index < -0.39 is 0 Å². The quantitative estimate of drug-likeness (QED) is 0.824. The smallest absolute Gasteiger partial charge is 0.0441 e. The number of nitrogens with two attached hydrogens (primary N) is 1. The Hall–Kier alpha value is 0.0500. The minimum Gasteiger partial charge on any atom is -0.326 e. The maximum absolute atomic E-state index is 6.03. The average Bonchev–Trinajstić information content (AvgIpc) is 2.09. The standard InChI is InChI=1S/C10H13Cl2N.ClH/c1-7-2-3-8(10(12)4-7)5-9(13)6-11;/h2-4,9H,5-6,13H2,1H3;1H. The number of hydrogen-bond acceptors (Lipinski definition) is 1. The number of hydrogen-bond donors (Lipinski definition) is 1. The average molecular weight is 255 g/mol. The molecule has 1 atom stereocenters. The van der Waals surface area contributed by atoms with Crippen LogP contribution < -0.4 is 5.73 Å². The van der Waals surface area contributed by atoms with Crippen LogP contribution in [0.1, 0.15) is 11.1 Å². The molecule has 80 valence electrons. The lowest BCUT2D eigenvalue weighted by atomic mass is 10.1. The monoisotopic (exact) mass is 253 g/mol. The molecule has 0 fully saturated rings. The molecule has 14 heavy (non-hydrogen) atoms. The minimum absolute atomic E-state index is 0. The lowest BCUT2D eigenvalue weighted by Crippen LogP contribution is -2.24. The fraction of sp³-hybridized carbons (Fsp3) is 0.400. The van der Waals surface area contributed by atoms with Crippen molar-refractivity contribution in [2.75, 3.05) is 5.88 Å². The summed E-state index contributed by atoms with van der Waals surface area (Å²) in [6, 6.07) is 5.96. The second-order valence-corrected chi connectivity index (χ2v) is 3.93. The second-order valence-electron chi connectivity index (χ2n) is 3.21. The van der Waals surface area contributed by atoms with E-state index >= 15 is 0 Å². The van der Waals surface area contributed by atoms with E-state index in [0.717, 1.165) is 22.6 Å². The molecule has 1 unspecified atom stereocenters. The molecule has 1 aromatic carbocycles. The van der Waals surface area contributed by atoms with Crippen LogP contribution in [0.5, 0.6) is 0 Å². The summed E-state index contributed by atoms with van der Waals surface area (Å²) in [5, 5.41) is 0.778. The van der Waals surface area contributed by atoms with Crippen LogP contribution >= 0.6 is 35.6 Å². The molecule has 0 saturated heterocycles. The van der Waals surface area contributed by atoms with Crippen LogP contribution in [0, 0.1) is 6.92 Å². The molecule has 0 saturated carbocycles. The molecular formula is C10H14Cl3N. The number of alkyl halides is 1. The van der Waals surface area contributed by atoms with Gasteiger partial charge in [0, 0.05) is 16.9 Å². The molecule has 0 bridgehead atoms. The van der Waals surface area contributed by atoms with Crippen molar-refractivity contribution in [3.05, 3.63) is 34.3 Å². The van der Waals surface area contributed by atoms with Gasteiger partial charge in [-0.1, -0.05) is 23.7 Å². The Morgan fingerprint density at radius 1 is 1.43 bits per heavy atom. The fourth-order valence-corrected chi connectivity index (χ4v) is 1.58. The first kappa shape index (κ1) is 14.1. The Balaban J connectivity index is 0.00000169. The Kier molecular flexibility index (Phi) is 6.54. The number of rotatable bonds is 3. The van der Waals surface area contributed by atoms with E-state index in [4.69, 9.17) is 28.9 Å². The van der Waals surface area contributed by atoms with Gasteiger partial charge in [0.15, 0.2) is 0 Å². The summed E-state index contributed by atoms with van der Waals surface area (Å²) < 4.78 is 0. The first-order valence-corrected chi connectivity index (χ1v) is 5.11. The highest BCUT2D eigenvalue weighted by Gasteiger charge is 2.05. The summed E-state index contributed by atoms with van der Waals surface area (Å²) in [5.41, 5.74) is 7.95. The third-order valence-electron chi connectivity index (χ3n) is 1.89. The van der Waals surface area contributed by atoms with Crippen molar-refractivity contribution < 1.29 is 0 Å². The molecule has 2 N–H and O–H groups in total. The zero-order valence-electron chi connectivity index (χ0n) is 7.97. The summed E-state index contributed by atoms with van der Waals surface area (Å²) in [6.45, 7) is 2.01. The molecule has 0 amide bonds. The van der Waals surface area contributed by atoms with E-state index in [9.17, 15) is 0 Å². The Morgan fingerprint density at radius 3 is 2.57 bits per heavy atom. The summed E-state index contributed by atoms with van der Waals surface area (Å²) in [5.74, 6) is 0.463. The molecular weight excluding hydrogens is 240 g/mol. The van der Waals surface area contributed by atoms with Gasteiger partial charge in [0.2, 0.25) is 0 Å². The molecule has 0 heterocycles. The van der Waals surface area contributed by atoms with Gasteiger partial charge in [-0.05, 0) is 30.5 Å². The highest BCUT2D eigenvalue weighted by Crippen LogP contribution is 2.18. The van der Waals surface area contributed by atoms with Crippen LogP contribution in [0.3, 0.4) is 0 Å². The van der Waals surface area contributed by atoms with Crippen molar-refractivity contribution in [2.24, 2.45) is 5.73 Å². The summed E-state index contributed by atoms with van der Waals surface area (Å²) in [6.07, 6.45) is 0.739. The van der Waals surface area contributed by atoms with Gasteiger partial charge in [0.25, 0.3) is 0 Å². The molecule has 1 rings (SSSR count). The lowest BCUT2D eigenvalue weighted by molar-refractivity contribution is 0.745. The first-order valence-electron chi connectivity index (χ1n) is 4.20. The highest BCUT2D eigenvalue weighted by atomic mass is 35.5. The predicted molar refractivity (Wildman–Crippen MR) is 65.8 cm³/mol. The number of halogens is 3. The van der Waals surface area contributed by atoms with Crippen molar-refractivity contribution in [2.45, 2.75) is 19.4 Å². The predicted octanol–water partition coefficient (Wildman–Crippen LogP) is 3.18. The largest absolute Gasteiger partial charge is 0.326 e. The maximum Gasteiger partial charge on any atom is 0.0441 e. The molecule has 0 radical (unpaired) electrons. The molecule has 4 heteroatoms. The topological polar surface area (TPSA) is 26.0 Å². The second kappa shape index (κ2) is 6.52. The number of benzene rings is 1. The third kappa shape index (κ3) is 4.05. The van der Waals surface area contributed by atoms with Crippen molar-refractivity contribution in [3.63, 3.8) is 0 Å². The van der Waals surface area contributed by atoms with Gasteiger partial charge >= 0.3 is 0 Å². The van der Waals surface area contributed by atoms with Crippen molar-refractivity contribution in [1.29, 1.82) is 0 Å². The van der Waals surface area contributed by atoms with Gasteiger partial charge in [-0.25, -0.2) is 0 Å². The normalized spacial score (nSPS) is 12.0. The van der Waals surface area contributed by atoms with Crippen LogP contribution in [0.25, 0.3) is 0 Å². The van der Waals surface area contributed by atoms with Crippen molar-refractivity contribution in [3.8, 4) is 0 Å². The molecule has 1 nitrogen and oxygen atoms in total. The van der Waals surface area contributed by atoms with E-state index in [1.54, 1.807) is 0 Å². The Labute approximate surface area is 101 Å². The third-order valence-corrected chi connectivity index (χ3v) is 2.64. The van der Waals surface area contributed by atoms with Crippen LogP contribution in [-0.2, 0) is 6.42 Å². The van der Waals surface area contributed by atoms with Gasteiger partial charge < -0.3 is 5.73 Å². The molecule has 0 aliphatic carbocycles. The van der Waals surface area contributed by atoms with E-state index in [1.807, 2.05) is 25.1 Å². The van der Waals surface area contributed by atoms with Crippen LogP contribution in [0.15, 0.2) is 18.2 Å². The van der Waals surface area contributed by atoms with Crippen LogP contribution in [0.4, 0.5) is 0 Å². The first-order chi connectivity index (χ1) is 6.13.